The zero-order valence-electron chi connectivity index (χ0n) is 17.0. The number of para-hydroxylation sites is 1. The normalized spacial score (nSPS) is 10.3. The molecule has 3 aromatic rings. The molecule has 0 saturated carbocycles. The van der Waals surface area contributed by atoms with Crippen molar-refractivity contribution in [2.75, 3.05) is 19.8 Å². The molecule has 0 aliphatic heterocycles. The molecule has 0 heterocycles. The lowest BCUT2D eigenvalue weighted by molar-refractivity contribution is -0.150. The molecular formula is C25H25NO4. The molecule has 1 amide bonds. The third-order valence-electron chi connectivity index (χ3n) is 4.66. The minimum absolute atomic E-state index is 0.264. The predicted molar refractivity (Wildman–Crippen MR) is 116 cm³/mol. The molecule has 30 heavy (non-hydrogen) atoms. The van der Waals surface area contributed by atoms with Crippen molar-refractivity contribution in [3.63, 3.8) is 0 Å². The second-order valence-electron chi connectivity index (χ2n) is 6.84. The highest BCUT2D eigenvalue weighted by atomic mass is 16.6. The van der Waals surface area contributed by atoms with Crippen molar-refractivity contribution >= 4 is 11.9 Å². The van der Waals surface area contributed by atoms with E-state index in [2.05, 4.69) is 5.32 Å². The molecule has 0 atom stereocenters. The second kappa shape index (κ2) is 10.8. The van der Waals surface area contributed by atoms with E-state index in [4.69, 9.17) is 9.47 Å². The monoisotopic (exact) mass is 403 g/mol. The quantitative estimate of drug-likeness (QED) is 0.550. The third-order valence-corrected chi connectivity index (χ3v) is 4.66. The van der Waals surface area contributed by atoms with Gasteiger partial charge in [0.1, 0.15) is 5.75 Å². The number of carbonyl (C=O) groups excluding carboxylic acids is 2. The average Bonchev–Trinajstić information content (AvgIpc) is 2.78. The number of carbonyl (C=O) groups is 2. The maximum Gasteiger partial charge on any atom is 0.344 e. The van der Waals surface area contributed by atoms with Crippen molar-refractivity contribution in [2.45, 2.75) is 13.3 Å². The van der Waals surface area contributed by atoms with Crippen molar-refractivity contribution in [3.05, 3.63) is 90.0 Å². The molecule has 0 aliphatic rings. The Morgan fingerprint density at radius 3 is 2.33 bits per heavy atom. The van der Waals surface area contributed by atoms with Crippen LogP contribution in [0.1, 0.15) is 11.1 Å². The first-order valence-corrected chi connectivity index (χ1v) is 9.87. The SMILES string of the molecule is Cc1ccccc1CCNC(=O)COC(=O)COc1ccccc1-c1ccccc1. The van der Waals surface area contributed by atoms with Crippen LogP contribution in [0.25, 0.3) is 11.1 Å². The van der Waals surface area contributed by atoms with Gasteiger partial charge in [-0.05, 0) is 36.1 Å². The lowest BCUT2D eigenvalue weighted by Gasteiger charge is -2.11. The van der Waals surface area contributed by atoms with Crippen LogP contribution in [0.3, 0.4) is 0 Å². The summed E-state index contributed by atoms with van der Waals surface area (Å²) in [7, 11) is 0. The van der Waals surface area contributed by atoms with Gasteiger partial charge in [-0.3, -0.25) is 4.79 Å². The molecule has 154 valence electrons. The Morgan fingerprint density at radius 1 is 0.833 bits per heavy atom. The van der Waals surface area contributed by atoms with E-state index >= 15 is 0 Å². The van der Waals surface area contributed by atoms with Crippen LogP contribution in [-0.4, -0.2) is 31.6 Å². The van der Waals surface area contributed by atoms with E-state index in [1.165, 1.54) is 11.1 Å². The first-order valence-electron chi connectivity index (χ1n) is 9.87. The van der Waals surface area contributed by atoms with Crippen LogP contribution >= 0.6 is 0 Å². The molecule has 0 unspecified atom stereocenters. The van der Waals surface area contributed by atoms with Gasteiger partial charge >= 0.3 is 5.97 Å². The van der Waals surface area contributed by atoms with Crippen LogP contribution < -0.4 is 10.1 Å². The van der Waals surface area contributed by atoms with Crippen molar-refractivity contribution in [3.8, 4) is 16.9 Å². The minimum Gasteiger partial charge on any atom is -0.481 e. The molecule has 0 spiro atoms. The number of aryl methyl sites for hydroxylation is 1. The van der Waals surface area contributed by atoms with E-state index < -0.39 is 5.97 Å². The maximum absolute atomic E-state index is 12.0. The maximum atomic E-state index is 12.0. The van der Waals surface area contributed by atoms with Crippen molar-refractivity contribution in [2.24, 2.45) is 0 Å². The first kappa shape index (κ1) is 21.1. The zero-order chi connectivity index (χ0) is 21.2. The van der Waals surface area contributed by atoms with Gasteiger partial charge in [0.05, 0.1) is 0 Å². The summed E-state index contributed by atoms with van der Waals surface area (Å²) in [6.45, 7) is 1.94. The molecule has 0 aromatic heterocycles. The molecule has 0 bridgehead atoms. The summed E-state index contributed by atoms with van der Waals surface area (Å²) in [5, 5.41) is 2.76. The van der Waals surface area contributed by atoms with Crippen LogP contribution in [0.4, 0.5) is 0 Å². The van der Waals surface area contributed by atoms with E-state index in [-0.39, 0.29) is 19.1 Å². The Hall–Kier alpha value is -3.60. The molecule has 0 saturated heterocycles. The van der Waals surface area contributed by atoms with E-state index in [1.54, 1.807) is 6.07 Å². The van der Waals surface area contributed by atoms with Gasteiger partial charge in [-0.25, -0.2) is 4.79 Å². The summed E-state index contributed by atoms with van der Waals surface area (Å²) in [5.41, 5.74) is 4.25. The smallest absolute Gasteiger partial charge is 0.344 e. The highest BCUT2D eigenvalue weighted by molar-refractivity contribution is 5.81. The van der Waals surface area contributed by atoms with E-state index in [9.17, 15) is 9.59 Å². The molecule has 3 aromatic carbocycles. The number of benzene rings is 3. The predicted octanol–water partition coefficient (Wildman–Crippen LogP) is 3.94. The van der Waals surface area contributed by atoms with Gasteiger partial charge in [-0.2, -0.15) is 0 Å². The molecule has 3 rings (SSSR count). The van der Waals surface area contributed by atoms with Gasteiger partial charge in [0.25, 0.3) is 5.91 Å². The molecule has 0 fully saturated rings. The summed E-state index contributed by atoms with van der Waals surface area (Å²) in [6, 6.07) is 25.3. The van der Waals surface area contributed by atoms with Gasteiger partial charge in [0.15, 0.2) is 13.2 Å². The largest absolute Gasteiger partial charge is 0.481 e. The molecule has 0 radical (unpaired) electrons. The van der Waals surface area contributed by atoms with Gasteiger partial charge < -0.3 is 14.8 Å². The zero-order valence-corrected chi connectivity index (χ0v) is 17.0. The first-order chi connectivity index (χ1) is 14.6. The van der Waals surface area contributed by atoms with Crippen LogP contribution in [0.15, 0.2) is 78.9 Å². The summed E-state index contributed by atoms with van der Waals surface area (Å²) in [5.74, 6) is -0.336. The van der Waals surface area contributed by atoms with Crippen molar-refractivity contribution in [1.29, 1.82) is 0 Å². The third kappa shape index (κ3) is 6.21. The minimum atomic E-state index is -0.591. The Balaban J connectivity index is 1.41. The van der Waals surface area contributed by atoms with E-state index in [0.717, 1.165) is 17.5 Å². The number of rotatable bonds is 9. The molecule has 5 nitrogen and oxygen atoms in total. The molecule has 1 N–H and O–H groups in total. The van der Waals surface area contributed by atoms with Crippen LogP contribution in [0, 0.1) is 6.92 Å². The Kier molecular flexibility index (Phi) is 7.61. The highest BCUT2D eigenvalue weighted by Gasteiger charge is 2.11. The van der Waals surface area contributed by atoms with Crippen molar-refractivity contribution < 1.29 is 19.1 Å². The van der Waals surface area contributed by atoms with Gasteiger partial charge in [-0.15, -0.1) is 0 Å². The average molecular weight is 403 g/mol. The fraction of sp³-hybridized carbons (Fsp3) is 0.200. The Morgan fingerprint density at radius 2 is 1.53 bits per heavy atom. The lowest BCUT2D eigenvalue weighted by Crippen LogP contribution is -2.31. The van der Waals surface area contributed by atoms with E-state index in [0.29, 0.717) is 12.3 Å². The molecular weight excluding hydrogens is 378 g/mol. The van der Waals surface area contributed by atoms with Gasteiger partial charge in [-0.1, -0.05) is 72.8 Å². The van der Waals surface area contributed by atoms with Crippen LogP contribution in [-0.2, 0) is 20.7 Å². The standard InChI is InChI=1S/C25H25NO4/c1-19-9-5-6-10-20(19)15-16-26-24(27)17-30-25(28)18-29-23-14-8-7-13-22(23)21-11-3-2-4-12-21/h2-14H,15-18H2,1H3,(H,26,27). The number of amides is 1. The van der Waals surface area contributed by atoms with Crippen LogP contribution in [0.2, 0.25) is 0 Å². The fourth-order valence-corrected chi connectivity index (χ4v) is 3.05. The summed E-state index contributed by atoms with van der Waals surface area (Å²) >= 11 is 0. The van der Waals surface area contributed by atoms with Crippen LogP contribution in [0.5, 0.6) is 5.75 Å². The summed E-state index contributed by atoms with van der Waals surface area (Å²) in [6.07, 6.45) is 0.728. The van der Waals surface area contributed by atoms with Gasteiger partial charge in [0, 0.05) is 12.1 Å². The van der Waals surface area contributed by atoms with E-state index in [1.807, 2.05) is 79.7 Å². The number of hydrogen-bond acceptors (Lipinski definition) is 4. The van der Waals surface area contributed by atoms with Gasteiger partial charge in [0.2, 0.25) is 0 Å². The summed E-state index contributed by atoms with van der Waals surface area (Å²) in [4.78, 5) is 23.9. The fourth-order valence-electron chi connectivity index (χ4n) is 3.05. The number of hydrogen-bond donors (Lipinski definition) is 1. The number of esters is 1. The topological polar surface area (TPSA) is 64.6 Å². The molecule has 5 heteroatoms. The highest BCUT2D eigenvalue weighted by Crippen LogP contribution is 2.29. The Bertz CT molecular complexity index is 985. The van der Waals surface area contributed by atoms with Crippen molar-refractivity contribution in [1.82, 2.24) is 5.32 Å². The molecule has 0 aliphatic carbocycles. The lowest BCUT2D eigenvalue weighted by atomic mass is 10.1. The Labute approximate surface area is 176 Å². The number of ether oxygens (including phenoxy) is 2. The summed E-state index contributed by atoms with van der Waals surface area (Å²) < 4.78 is 10.7. The second-order valence-corrected chi connectivity index (χ2v) is 6.84. The number of nitrogens with one attached hydrogen (secondary N) is 1.